The van der Waals surface area contributed by atoms with E-state index in [4.69, 9.17) is 10.9 Å². The van der Waals surface area contributed by atoms with E-state index in [1.165, 1.54) is 12.8 Å². The molecule has 17 heavy (non-hydrogen) atoms. The summed E-state index contributed by atoms with van der Waals surface area (Å²) in [6.45, 7) is 2.24. The van der Waals surface area contributed by atoms with Crippen molar-refractivity contribution in [3.63, 3.8) is 0 Å². The zero-order valence-electron chi connectivity index (χ0n) is 9.51. The number of nitrogens with zero attached hydrogens (tertiary/aromatic N) is 1. The third-order valence-corrected chi connectivity index (χ3v) is 5.40. The highest BCUT2D eigenvalue weighted by molar-refractivity contribution is 7.91. The van der Waals surface area contributed by atoms with Crippen LogP contribution in [-0.4, -0.2) is 26.0 Å². The van der Waals surface area contributed by atoms with Crippen LogP contribution in [0, 0.1) is 12.8 Å². The molecule has 1 atom stereocenters. The van der Waals surface area contributed by atoms with Crippen molar-refractivity contribution < 1.29 is 8.42 Å². The van der Waals surface area contributed by atoms with Crippen LogP contribution in [0.1, 0.15) is 18.5 Å². The van der Waals surface area contributed by atoms with Crippen molar-refractivity contribution in [3.8, 4) is 0 Å². The normalized spacial score (nSPS) is 18.1. The first-order valence-corrected chi connectivity index (χ1v) is 7.74. The number of aromatic nitrogens is 1. The number of hydrogen-bond acceptors (Lipinski definition) is 6. The molecule has 1 aromatic heterocycles. The van der Waals surface area contributed by atoms with E-state index in [2.05, 4.69) is 10.3 Å². The Bertz CT molecular complexity index is 507. The first kappa shape index (κ1) is 12.7. The molecule has 0 saturated heterocycles. The second kappa shape index (κ2) is 4.52. The summed E-state index contributed by atoms with van der Waals surface area (Å²) in [5.74, 6) is 0.598. The number of sulfonamides is 1. The first-order chi connectivity index (χ1) is 7.88. The minimum Gasteiger partial charge on any atom is -0.360 e. The van der Waals surface area contributed by atoms with Crippen molar-refractivity contribution in [2.24, 2.45) is 16.8 Å². The molecule has 0 spiro atoms. The van der Waals surface area contributed by atoms with Gasteiger partial charge >= 0.3 is 0 Å². The van der Waals surface area contributed by atoms with Crippen LogP contribution in [0.25, 0.3) is 0 Å². The molecule has 0 aliphatic heterocycles. The van der Waals surface area contributed by atoms with Gasteiger partial charge in [0.25, 0.3) is 0 Å². The van der Waals surface area contributed by atoms with Crippen LogP contribution in [-0.2, 0) is 10.0 Å². The van der Waals surface area contributed by atoms with Crippen molar-refractivity contribution in [2.45, 2.75) is 30.0 Å². The van der Waals surface area contributed by atoms with Gasteiger partial charge in [0.1, 0.15) is 0 Å². The highest BCUT2D eigenvalue weighted by Gasteiger charge is 2.28. The Morgan fingerprint density at radius 1 is 1.59 bits per heavy atom. The topological polar surface area (TPSA) is 111 Å². The number of nitrogens with one attached hydrogen (secondary N) is 1. The van der Waals surface area contributed by atoms with Gasteiger partial charge in [-0.15, -0.1) is 0 Å². The minimum absolute atomic E-state index is 0.108. The van der Waals surface area contributed by atoms with Gasteiger partial charge in [0, 0.05) is 12.6 Å². The Kier molecular flexibility index (Phi) is 3.39. The Hall–Kier alpha value is -0.700. The smallest absolute Gasteiger partial charge is 0.249 e. The Balaban J connectivity index is 2.02. The minimum atomic E-state index is -3.67. The van der Waals surface area contributed by atoms with Gasteiger partial charge in [0.2, 0.25) is 10.0 Å². The molecule has 1 aromatic rings. The van der Waals surface area contributed by atoms with E-state index < -0.39 is 10.0 Å². The molecule has 1 fully saturated rings. The molecule has 2 rings (SSSR count). The first-order valence-electron chi connectivity index (χ1n) is 5.37. The van der Waals surface area contributed by atoms with Crippen LogP contribution in [0.15, 0.2) is 4.21 Å². The predicted molar refractivity (Wildman–Crippen MR) is 67.4 cm³/mol. The van der Waals surface area contributed by atoms with Gasteiger partial charge in [0.15, 0.2) is 9.34 Å². The van der Waals surface area contributed by atoms with Crippen LogP contribution in [0.5, 0.6) is 0 Å². The quantitative estimate of drug-likeness (QED) is 0.713. The zero-order valence-corrected chi connectivity index (χ0v) is 11.1. The number of primary sulfonamides is 1. The van der Waals surface area contributed by atoms with Gasteiger partial charge in [-0.05, 0) is 25.7 Å². The molecule has 1 aliphatic rings. The molecule has 1 unspecified atom stereocenters. The van der Waals surface area contributed by atoms with E-state index in [0.29, 0.717) is 23.3 Å². The number of rotatable bonds is 5. The zero-order chi connectivity index (χ0) is 12.6. The van der Waals surface area contributed by atoms with Crippen molar-refractivity contribution in [3.05, 3.63) is 5.69 Å². The second-order valence-corrected chi connectivity index (χ2v) is 7.07. The lowest BCUT2D eigenvalue weighted by Gasteiger charge is -2.09. The van der Waals surface area contributed by atoms with Crippen LogP contribution in [0.3, 0.4) is 0 Å². The van der Waals surface area contributed by atoms with E-state index in [-0.39, 0.29) is 10.3 Å². The third-order valence-electron chi connectivity index (χ3n) is 2.73. The molecule has 5 N–H and O–H groups in total. The molecule has 1 saturated carbocycles. The fourth-order valence-corrected chi connectivity index (χ4v) is 3.48. The Morgan fingerprint density at radius 3 is 2.71 bits per heavy atom. The molecule has 6 nitrogen and oxygen atoms in total. The van der Waals surface area contributed by atoms with E-state index in [9.17, 15) is 8.42 Å². The summed E-state index contributed by atoms with van der Waals surface area (Å²) >= 11 is 1.05. The standard InChI is InChI=1S/C9H16N4O2S2/c1-5-8(17(11,14)15)16-9(13-5)12-4-7(10)6-2-3-6/h6-7H,2-4,10H2,1H3,(H,12,13)(H2,11,14,15). The lowest BCUT2D eigenvalue weighted by atomic mass is 10.2. The summed E-state index contributed by atoms with van der Waals surface area (Å²) in [6.07, 6.45) is 2.37. The molecule has 0 amide bonds. The van der Waals surface area contributed by atoms with Gasteiger partial charge in [-0.1, -0.05) is 11.3 Å². The summed E-state index contributed by atoms with van der Waals surface area (Å²) in [5, 5.41) is 8.69. The van der Waals surface area contributed by atoms with Gasteiger partial charge in [0.05, 0.1) is 5.69 Å². The number of anilines is 1. The maximum Gasteiger partial charge on any atom is 0.249 e. The number of thiazole rings is 1. The molecule has 96 valence electrons. The summed E-state index contributed by atoms with van der Waals surface area (Å²) in [4.78, 5) is 4.12. The van der Waals surface area contributed by atoms with Crippen LogP contribution < -0.4 is 16.2 Å². The third kappa shape index (κ3) is 3.15. The Labute approximate surface area is 104 Å². The van der Waals surface area contributed by atoms with Crippen molar-refractivity contribution in [1.29, 1.82) is 0 Å². The lowest BCUT2D eigenvalue weighted by molar-refractivity contribution is 0.599. The SMILES string of the molecule is Cc1nc(NCC(N)C2CC2)sc1S(N)(=O)=O. The molecule has 1 heterocycles. The Morgan fingerprint density at radius 2 is 2.24 bits per heavy atom. The van der Waals surface area contributed by atoms with Gasteiger partial charge in [-0.2, -0.15) is 0 Å². The van der Waals surface area contributed by atoms with Crippen molar-refractivity contribution in [2.75, 3.05) is 11.9 Å². The molecule has 0 radical (unpaired) electrons. The van der Waals surface area contributed by atoms with Crippen LogP contribution >= 0.6 is 11.3 Å². The van der Waals surface area contributed by atoms with E-state index in [1.54, 1.807) is 6.92 Å². The molecule has 1 aliphatic carbocycles. The van der Waals surface area contributed by atoms with E-state index in [1.807, 2.05) is 0 Å². The number of aryl methyl sites for hydroxylation is 1. The molecular formula is C9H16N4O2S2. The average Bonchev–Trinajstić information content (AvgIpc) is 2.98. The fraction of sp³-hybridized carbons (Fsp3) is 0.667. The highest BCUT2D eigenvalue weighted by atomic mass is 32.2. The summed E-state index contributed by atoms with van der Waals surface area (Å²) in [5.41, 5.74) is 6.36. The van der Waals surface area contributed by atoms with Gasteiger partial charge < -0.3 is 11.1 Å². The maximum absolute atomic E-state index is 11.2. The van der Waals surface area contributed by atoms with Crippen molar-refractivity contribution >= 4 is 26.5 Å². The highest BCUT2D eigenvalue weighted by Crippen LogP contribution is 2.32. The molecule has 8 heteroatoms. The maximum atomic E-state index is 11.2. The van der Waals surface area contributed by atoms with Crippen molar-refractivity contribution in [1.82, 2.24) is 4.98 Å². The molecule has 0 aromatic carbocycles. The molecular weight excluding hydrogens is 260 g/mol. The van der Waals surface area contributed by atoms with E-state index in [0.717, 1.165) is 11.3 Å². The van der Waals surface area contributed by atoms with Gasteiger partial charge in [-0.25, -0.2) is 18.5 Å². The average molecular weight is 276 g/mol. The number of hydrogen-bond donors (Lipinski definition) is 3. The van der Waals surface area contributed by atoms with Gasteiger partial charge in [-0.3, -0.25) is 0 Å². The predicted octanol–water partition coefficient (Wildman–Crippen LogP) is 0.248. The summed E-state index contributed by atoms with van der Waals surface area (Å²) < 4.78 is 22.5. The monoisotopic (exact) mass is 276 g/mol. The van der Waals surface area contributed by atoms with Crippen LogP contribution in [0.2, 0.25) is 0 Å². The van der Waals surface area contributed by atoms with Crippen LogP contribution in [0.4, 0.5) is 5.13 Å². The lowest BCUT2D eigenvalue weighted by Crippen LogP contribution is -2.30. The summed E-state index contributed by atoms with van der Waals surface area (Å²) in [6, 6.07) is 0.108. The van der Waals surface area contributed by atoms with E-state index >= 15 is 0 Å². The second-order valence-electron chi connectivity index (χ2n) is 4.32. The largest absolute Gasteiger partial charge is 0.360 e. The summed E-state index contributed by atoms with van der Waals surface area (Å²) in [7, 11) is -3.67. The molecule has 0 bridgehead atoms. The number of nitrogens with two attached hydrogens (primary N) is 2. The fourth-order valence-electron chi connectivity index (χ4n) is 1.62.